The fraction of sp³-hybridized carbons (Fsp3) is 0.750. The molecule has 0 radical (unpaired) electrons. The van der Waals surface area contributed by atoms with Gasteiger partial charge in [0.1, 0.15) is 0 Å². The number of hydrogen-bond donors (Lipinski definition) is 1. The molecule has 0 spiro atoms. The predicted molar refractivity (Wildman–Crippen MR) is 91.8 cm³/mol. The van der Waals surface area contributed by atoms with E-state index in [0.717, 1.165) is 43.7 Å². The molecule has 1 amide bonds. The van der Waals surface area contributed by atoms with Crippen molar-refractivity contribution in [1.29, 1.82) is 0 Å². The van der Waals surface area contributed by atoms with E-state index in [2.05, 4.69) is 38.1 Å². The number of halogens is 1. The van der Waals surface area contributed by atoms with Gasteiger partial charge >= 0.3 is 0 Å². The lowest BCUT2D eigenvalue weighted by atomic mass is 10.1. The van der Waals surface area contributed by atoms with Gasteiger partial charge in [-0.2, -0.15) is 5.10 Å². The van der Waals surface area contributed by atoms with Gasteiger partial charge in [-0.3, -0.25) is 9.48 Å². The van der Waals surface area contributed by atoms with Crippen molar-refractivity contribution < 1.29 is 4.79 Å². The normalized spacial score (nSPS) is 18.1. The standard InChI is InChI=1S/C16H28N4O.ClH/c1-6-9-19(13-7-8-17-10-13)15(21)14-11-18-20(12(14)2)16(3,4)5;/h11,13,17H,6-10H2,1-5H3;1H. The van der Waals surface area contributed by atoms with Gasteiger partial charge in [0.2, 0.25) is 0 Å². The SMILES string of the molecule is CCCN(C(=O)c1cnn(C(C)(C)C)c1C)C1CCNC1.Cl. The second-order valence-corrected chi connectivity index (χ2v) is 6.87. The summed E-state index contributed by atoms with van der Waals surface area (Å²) >= 11 is 0. The number of amides is 1. The van der Waals surface area contributed by atoms with E-state index in [1.165, 1.54) is 0 Å². The minimum atomic E-state index is -0.104. The van der Waals surface area contributed by atoms with Crippen molar-refractivity contribution in [1.82, 2.24) is 20.0 Å². The molecule has 1 aromatic heterocycles. The number of nitrogens with zero attached hydrogens (tertiary/aromatic N) is 3. The van der Waals surface area contributed by atoms with Crippen LogP contribution in [0.25, 0.3) is 0 Å². The van der Waals surface area contributed by atoms with Crippen LogP contribution in [0, 0.1) is 6.92 Å². The molecule has 2 heterocycles. The van der Waals surface area contributed by atoms with Gasteiger partial charge in [-0.25, -0.2) is 0 Å². The van der Waals surface area contributed by atoms with Crippen LogP contribution in [-0.2, 0) is 5.54 Å². The van der Waals surface area contributed by atoms with Gasteiger partial charge in [0, 0.05) is 24.8 Å². The highest BCUT2D eigenvalue weighted by molar-refractivity contribution is 5.95. The quantitative estimate of drug-likeness (QED) is 0.924. The third-order valence-corrected chi connectivity index (χ3v) is 4.08. The first kappa shape index (κ1) is 19.0. The van der Waals surface area contributed by atoms with Gasteiger partial charge in [-0.05, 0) is 47.1 Å². The number of hydrogen-bond acceptors (Lipinski definition) is 3. The molecule has 1 aromatic rings. The summed E-state index contributed by atoms with van der Waals surface area (Å²) < 4.78 is 1.94. The zero-order valence-corrected chi connectivity index (χ0v) is 15.2. The van der Waals surface area contributed by atoms with E-state index in [1.807, 2.05) is 16.5 Å². The van der Waals surface area contributed by atoms with Crippen LogP contribution in [0.4, 0.5) is 0 Å². The molecule has 6 heteroatoms. The van der Waals surface area contributed by atoms with Crippen LogP contribution < -0.4 is 5.32 Å². The molecule has 0 saturated carbocycles. The maximum Gasteiger partial charge on any atom is 0.257 e. The third-order valence-electron chi connectivity index (χ3n) is 4.08. The average Bonchev–Trinajstić information content (AvgIpc) is 3.03. The van der Waals surface area contributed by atoms with E-state index < -0.39 is 0 Å². The highest BCUT2D eigenvalue weighted by Gasteiger charge is 2.29. The molecule has 1 saturated heterocycles. The summed E-state index contributed by atoms with van der Waals surface area (Å²) in [5.74, 6) is 0.124. The first-order valence-electron chi connectivity index (χ1n) is 7.93. The lowest BCUT2D eigenvalue weighted by molar-refractivity contribution is 0.0691. The van der Waals surface area contributed by atoms with Crippen molar-refractivity contribution in [2.45, 2.75) is 59.0 Å². The Morgan fingerprint density at radius 3 is 2.64 bits per heavy atom. The molecule has 0 aromatic carbocycles. The number of rotatable bonds is 4. The Morgan fingerprint density at radius 2 is 2.18 bits per heavy atom. The smallest absolute Gasteiger partial charge is 0.257 e. The predicted octanol–water partition coefficient (Wildman–Crippen LogP) is 2.58. The van der Waals surface area contributed by atoms with Gasteiger partial charge in [0.15, 0.2) is 0 Å². The molecule has 1 aliphatic heterocycles. The monoisotopic (exact) mass is 328 g/mol. The molecule has 0 bridgehead atoms. The fourth-order valence-corrected chi connectivity index (χ4v) is 3.05. The Bertz CT molecular complexity index is 501. The Kier molecular flexibility index (Phi) is 6.44. The molecule has 1 fully saturated rings. The Balaban J connectivity index is 0.00000242. The van der Waals surface area contributed by atoms with Crippen LogP contribution in [0.1, 0.15) is 56.6 Å². The molecular formula is C16H29ClN4O. The van der Waals surface area contributed by atoms with E-state index in [4.69, 9.17) is 0 Å². The van der Waals surface area contributed by atoms with Gasteiger partial charge in [-0.15, -0.1) is 12.4 Å². The summed E-state index contributed by atoms with van der Waals surface area (Å²) in [4.78, 5) is 15.0. The number of nitrogens with one attached hydrogen (secondary N) is 1. The van der Waals surface area contributed by atoms with Crippen LogP contribution in [-0.4, -0.2) is 46.3 Å². The molecule has 2 rings (SSSR count). The molecule has 22 heavy (non-hydrogen) atoms. The van der Waals surface area contributed by atoms with E-state index in [1.54, 1.807) is 6.20 Å². The summed E-state index contributed by atoms with van der Waals surface area (Å²) in [7, 11) is 0. The average molecular weight is 329 g/mol. The number of aromatic nitrogens is 2. The maximum absolute atomic E-state index is 12.9. The molecule has 126 valence electrons. The van der Waals surface area contributed by atoms with Gasteiger partial charge < -0.3 is 10.2 Å². The Morgan fingerprint density at radius 1 is 1.50 bits per heavy atom. The molecule has 1 unspecified atom stereocenters. The summed E-state index contributed by atoms with van der Waals surface area (Å²) in [5, 5.41) is 7.78. The largest absolute Gasteiger partial charge is 0.334 e. The molecule has 0 aliphatic carbocycles. The van der Waals surface area contributed by atoms with Gasteiger partial charge in [0.25, 0.3) is 5.91 Å². The zero-order valence-electron chi connectivity index (χ0n) is 14.3. The topological polar surface area (TPSA) is 50.2 Å². The summed E-state index contributed by atoms with van der Waals surface area (Å²) in [6.45, 7) is 13.1. The third kappa shape index (κ3) is 3.82. The van der Waals surface area contributed by atoms with Crippen LogP contribution in [0.15, 0.2) is 6.20 Å². The van der Waals surface area contributed by atoms with Crippen molar-refractivity contribution in [3.8, 4) is 0 Å². The molecule has 1 aliphatic rings. The maximum atomic E-state index is 12.9. The first-order valence-corrected chi connectivity index (χ1v) is 7.93. The van der Waals surface area contributed by atoms with Crippen molar-refractivity contribution >= 4 is 18.3 Å². The van der Waals surface area contributed by atoms with Crippen LogP contribution in [0.3, 0.4) is 0 Å². The van der Waals surface area contributed by atoms with Gasteiger partial charge in [-0.1, -0.05) is 6.92 Å². The van der Waals surface area contributed by atoms with Gasteiger partial charge in [0.05, 0.1) is 17.3 Å². The zero-order chi connectivity index (χ0) is 15.6. The fourth-order valence-electron chi connectivity index (χ4n) is 3.05. The van der Waals surface area contributed by atoms with Crippen molar-refractivity contribution in [3.05, 3.63) is 17.5 Å². The second-order valence-electron chi connectivity index (χ2n) is 6.87. The summed E-state index contributed by atoms with van der Waals surface area (Å²) in [6, 6.07) is 0.315. The minimum Gasteiger partial charge on any atom is -0.334 e. The van der Waals surface area contributed by atoms with E-state index in [0.29, 0.717) is 6.04 Å². The van der Waals surface area contributed by atoms with Crippen LogP contribution in [0.2, 0.25) is 0 Å². The molecule has 1 N–H and O–H groups in total. The number of carbonyl (C=O) groups is 1. The lowest BCUT2D eigenvalue weighted by Crippen LogP contribution is -2.42. The van der Waals surface area contributed by atoms with E-state index in [9.17, 15) is 4.79 Å². The van der Waals surface area contributed by atoms with Crippen LogP contribution in [0.5, 0.6) is 0 Å². The van der Waals surface area contributed by atoms with Crippen molar-refractivity contribution in [2.24, 2.45) is 0 Å². The summed E-state index contributed by atoms with van der Waals surface area (Å²) in [5.41, 5.74) is 1.59. The van der Waals surface area contributed by atoms with Crippen LogP contribution >= 0.6 is 12.4 Å². The second kappa shape index (κ2) is 7.47. The summed E-state index contributed by atoms with van der Waals surface area (Å²) in [6.07, 6.45) is 3.75. The molecule has 5 nitrogen and oxygen atoms in total. The van der Waals surface area contributed by atoms with Crippen molar-refractivity contribution in [2.75, 3.05) is 19.6 Å². The minimum absolute atomic E-state index is 0. The van der Waals surface area contributed by atoms with E-state index in [-0.39, 0.29) is 23.9 Å². The Hall–Kier alpha value is -1.07. The molecular weight excluding hydrogens is 300 g/mol. The lowest BCUT2D eigenvalue weighted by Gasteiger charge is -2.28. The van der Waals surface area contributed by atoms with Crippen molar-refractivity contribution in [3.63, 3.8) is 0 Å². The highest BCUT2D eigenvalue weighted by Crippen LogP contribution is 2.21. The number of carbonyl (C=O) groups excluding carboxylic acids is 1. The Labute approximate surface area is 139 Å². The first-order chi connectivity index (χ1) is 9.86. The highest BCUT2D eigenvalue weighted by atomic mass is 35.5. The molecule has 1 atom stereocenters. The van der Waals surface area contributed by atoms with E-state index >= 15 is 0 Å².